The number of aromatic nitrogens is 2. The largest absolute Gasteiger partial charge is 0.251 e. The van der Waals surface area contributed by atoms with Crippen LogP contribution in [0.25, 0.3) is 21.8 Å². The van der Waals surface area contributed by atoms with Gasteiger partial charge in [-0.25, -0.2) is 0 Å². The third-order valence-electron chi connectivity index (χ3n) is 6.26. The topological polar surface area (TPSA) is 25.8 Å². The number of hydrogen-bond acceptors (Lipinski definition) is 2. The highest BCUT2D eigenvalue weighted by molar-refractivity contribution is 9.11. The standard InChI is InChI=1S/C23H14Br4N2/c24-16-1-3-18(26)22-14(16)8-12-6-10-5-11(20(12)28-22)7-13-9-15-17(25)2-4-19(27)23(15)29-21(10)13/h1-4,8-11H,5-7H2/t10-,11-/m0/s1. The van der Waals surface area contributed by atoms with Crippen molar-refractivity contribution in [2.75, 3.05) is 0 Å². The summed E-state index contributed by atoms with van der Waals surface area (Å²) in [6.45, 7) is 0. The molecule has 2 atom stereocenters. The van der Waals surface area contributed by atoms with Crippen LogP contribution in [0.15, 0.2) is 54.3 Å². The molecule has 0 N–H and O–H groups in total. The maximum atomic E-state index is 5.15. The molecule has 2 aliphatic rings. The Balaban J connectivity index is 1.55. The van der Waals surface area contributed by atoms with Crippen molar-refractivity contribution in [2.45, 2.75) is 31.1 Å². The summed E-state index contributed by atoms with van der Waals surface area (Å²) in [7, 11) is 0. The van der Waals surface area contributed by atoms with Crippen molar-refractivity contribution in [2.24, 2.45) is 0 Å². The number of pyridine rings is 2. The van der Waals surface area contributed by atoms with Gasteiger partial charge in [-0.2, -0.15) is 0 Å². The Morgan fingerprint density at radius 2 is 1.03 bits per heavy atom. The van der Waals surface area contributed by atoms with E-state index in [0.29, 0.717) is 11.8 Å². The van der Waals surface area contributed by atoms with Crippen molar-refractivity contribution in [1.29, 1.82) is 0 Å². The van der Waals surface area contributed by atoms with Gasteiger partial charge in [-0.1, -0.05) is 31.9 Å². The molecule has 0 spiro atoms. The summed E-state index contributed by atoms with van der Waals surface area (Å²) in [6, 6.07) is 13.0. The molecule has 144 valence electrons. The summed E-state index contributed by atoms with van der Waals surface area (Å²) in [6.07, 6.45) is 3.14. The lowest BCUT2D eigenvalue weighted by atomic mass is 9.70. The van der Waals surface area contributed by atoms with Gasteiger partial charge in [-0.3, -0.25) is 9.97 Å². The van der Waals surface area contributed by atoms with E-state index in [1.807, 2.05) is 0 Å². The monoisotopic (exact) mass is 634 g/mol. The van der Waals surface area contributed by atoms with Crippen LogP contribution in [0, 0.1) is 0 Å². The van der Waals surface area contributed by atoms with Crippen LogP contribution >= 0.6 is 63.7 Å². The van der Waals surface area contributed by atoms with Crippen molar-refractivity contribution in [3.8, 4) is 0 Å². The van der Waals surface area contributed by atoms with E-state index in [1.54, 1.807) is 0 Å². The molecule has 2 aromatic heterocycles. The summed E-state index contributed by atoms with van der Waals surface area (Å²) in [4.78, 5) is 10.3. The van der Waals surface area contributed by atoms with Gasteiger partial charge < -0.3 is 0 Å². The normalized spacial score (nSPS) is 20.0. The third kappa shape index (κ3) is 2.89. The van der Waals surface area contributed by atoms with Gasteiger partial charge in [0.25, 0.3) is 0 Å². The zero-order valence-corrected chi connectivity index (χ0v) is 21.5. The van der Waals surface area contributed by atoms with E-state index in [0.717, 1.165) is 48.2 Å². The molecule has 0 saturated heterocycles. The highest BCUT2D eigenvalue weighted by atomic mass is 79.9. The fourth-order valence-electron chi connectivity index (χ4n) is 4.99. The van der Waals surface area contributed by atoms with Gasteiger partial charge in [0.2, 0.25) is 0 Å². The molecule has 2 heterocycles. The fourth-order valence-corrected chi connectivity index (χ4v) is 6.73. The maximum Gasteiger partial charge on any atom is 0.0858 e. The predicted octanol–water partition coefficient (Wildman–Crippen LogP) is 8.20. The van der Waals surface area contributed by atoms with Crippen LogP contribution in [-0.2, 0) is 12.8 Å². The Morgan fingerprint density at radius 1 is 0.621 bits per heavy atom. The molecule has 2 aromatic carbocycles. The lowest BCUT2D eigenvalue weighted by Gasteiger charge is -2.36. The van der Waals surface area contributed by atoms with Gasteiger partial charge in [0.15, 0.2) is 0 Å². The van der Waals surface area contributed by atoms with Gasteiger partial charge in [-0.15, -0.1) is 0 Å². The van der Waals surface area contributed by atoms with E-state index in [2.05, 4.69) is 100 Å². The van der Waals surface area contributed by atoms with Gasteiger partial charge in [-0.05, 0) is 98.6 Å². The molecular weight excluding hydrogens is 624 g/mol. The van der Waals surface area contributed by atoms with Crippen molar-refractivity contribution < 1.29 is 0 Å². The minimum absolute atomic E-state index is 0.455. The third-order valence-corrected chi connectivity index (χ3v) is 8.93. The van der Waals surface area contributed by atoms with E-state index in [9.17, 15) is 0 Å². The first kappa shape index (κ1) is 18.9. The van der Waals surface area contributed by atoms with Gasteiger partial charge in [0.05, 0.1) is 11.0 Å². The fraction of sp³-hybridized carbons (Fsp3) is 0.217. The van der Waals surface area contributed by atoms with Crippen LogP contribution < -0.4 is 0 Å². The molecule has 0 fully saturated rings. The smallest absolute Gasteiger partial charge is 0.0858 e. The Bertz CT molecular complexity index is 1250. The zero-order valence-electron chi connectivity index (χ0n) is 15.1. The Kier molecular flexibility index (Phi) is 4.46. The molecule has 2 nitrogen and oxygen atoms in total. The Labute approximate surface area is 202 Å². The number of benzene rings is 2. The quantitative estimate of drug-likeness (QED) is 0.194. The highest BCUT2D eigenvalue weighted by Gasteiger charge is 2.36. The molecule has 0 radical (unpaired) electrons. The molecule has 29 heavy (non-hydrogen) atoms. The van der Waals surface area contributed by atoms with Gasteiger partial charge >= 0.3 is 0 Å². The lowest BCUT2D eigenvalue weighted by molar-refractivity contribution is 0.441. The minimum atomic E-state index is 0.455. The number of rotatable bonds is 0. The van der Waals surface area contributed by atoms with Gasteiger partial charge in [0, 0.05) is 51.9 Å². The first-order valence-corrected chi connectivity index (χ1v) is 12.7. The molecule has 0 aliphatic heterocycles. The SMILES string of the molecule is Brc1ccc(Br)c2nc3c(cc12)C[C@@H]1C[C@H]3Cc2cc3c(Br)ccc(Br)c3nc21. The predicted molar refractivity (Wildman–Crippen MR) is 132 cm³/mol. The van der Waals surface area contributed by atoms with E-state index >= 15 is 0 Å². The van der Waals surface area contributed by atoms with E-state index < -0.39 is 0 Å². The molecule has 6 heteroatoms. The van der Waals surface area contributed by atoms with Crippen molar-refractivity contribution in [1.82, 2.24) is 9.97 Å². The van der Waals surface area contributed by atoms with Crippen LogP contribution in [-0.4, -0.2) is 9.97 Å². The van der Waals surface area contributed by atoms with Gasteiger partial charge in [0.1, 0.15) is 0 Å². The van der Waals surface area contributed by atoms with E-state index in [-0.39, 0.29) is 0 Å². The maximum absolute atomic E-state index is 5.15. The summed E-state index contributed by atoms with van der Waals surface area (Å²) in [5.74, 6) is 0.911. The van der Waals surface area contributed by atoms with E-state index in [4.69, 9.17) is 9.97 Å². The van der Waals surface area contributed by atoms with E-state index in [1.165, 1.54) is 33.3 Å². The second-order valence-corrected chi connectivity index (χ2v) is 11.4. The molecule has 0 saturated carbocycles. The molecule has 2 aliphatic carbocycles. The van der Waals surface area contributed by atoms with Crippen LogP contribution in [0.3, 0.4) is 0 Å². The van der Waals surface area contributed by atoms with Crippen LogP contribution in [0.5, 0.6) is 0 Å². The molecule has 0 amide bonds. The molecular formula is C23H14Br4N2. The average Bonchev–Trinajstić information content (AvgIpc) is 2.72. The van der Waals surface area contributed by atoms with Crippen molar-refractivity contribution in [3.05, 3.63) is 76.8 Å². The second-order valence-electron chi connectivity index (χ2n) is 7.95. The van der Waals surface area contributed by atoms with Crippen LogP contribution in [0.2, 0.25) is 0 Å². The number of fused-ring (bicyclic) bond motifs is 8. The molecule has 4 aromatic rings. The second kappa shape index (κ2) is 6.84. The molecule has 2 bridgehead atoms. The highest BCUT2D eigenvalue weighted by Crippen LogP contribution is 2.48. The zero-order chi connectivity index (χ0) is 19.9. The van der Waals surface area contributed by atoms with Crippen molar-refractivity contribution >= 4 is 85.5 Å². The molecule has 6 rings (SSSR count). The summed E-state index contributed by atoms with van der Waals surface area (Å²) in [5.41, 5.74) is 7.38. The Morgan fingerprint density at radius 3 is 1.48 bits per heavy atom. The lowest BCUT2D eigenvalue weighted by Crippen LogP contribution is -2.27. The van der Waals surface area contributed by atoms with Crippen molar-refractivity contribution in [3.63, 3.8) is 0 Å². The average molecular weight is 638 g/mol. The first-order valence-electron chi connectivity index (χ1n) is 9.54. The van der Waals surface area contributed by atoms with Crippen LogP contribution in [0.1, 0.15) is 40.8 Å². The molecule has 0 unspecified atom stereocenters. The summed E-state index contributed by atoms with van der Waals surface area (Å²) >= 11 is 14.8. The summed E-state index contributed by atoms with van der Waals surface area (Å²) in [5, 5.41) is 2.35. The number of nitrogens with zero attached hydrogens (tertiary/aromatic N) is 2. The minimum Gasteiger partial charge on any atom is -0.251 e. The summed E-state index contributed by atoms with van der Waals surface area (Å²) < 4.78 is 4.30. The number of hydrogen-bond donors (Lipinski definition) is 0. The Hall–Kier alpha value is -0.820. The number of halogens is 4. The van der Waals surface area contributed by atoms with Crippen LogP contribution in [0.4, 0.5) is 0 Å². The first-order chi connectivity index (χ1) is 14.0.